The molecule has 0 spiro atoms. The number of aromatic nitrogens is 1. The van der Waals surface area contributed by atoms with Crippen molar-refractivity contribution >= 4 is 5.91 Å². The average Bonchev–Trinajstić information content (AvgIpc) is 2.48. The Hall–Kier alpha value is -2.56. The lowest BCUT2D eigenvalue weighted by molar-refractivity contribution is 0.0950. The normalized spacial score (nSPS) is 10.0. The maximum Gasteiger partial charge on any atom is 0.256 e. The van der Waals surface area contributed by atoms with Gasteiger partial charge in [0, 0.05) is 25.0 Å². The molecule has 1 heterocycles. The first-order valence-electron chi connectivity index (χ1n) is 6.40. The van der Waals surface area contributed by atoms with Gasteiger partial charge in [0.05, 0.1) is 6.61 Å². The van der Waals surface area contributed by atoms with Gasteiger partial charge < -0.3 is 15.0 Å². The second-order valence-corrected chi connectivity index (χ2v) is 4.19. The maximum absolute atomic E-state index is 11.7. The van der Waals surface area contributed by atoms with Gasteiger partial charge in [0.15, 0.2) is 5.43 Å². The molecule has 0 aliphatic carbocycles. The highest BCUT2D eigenvalue weighted by atomic mass is 16.5. The molecule has 0 atom stereocenters. The zero-order chi connectivity index (χ0) is 14.2. The maximum atomic E-state index is 11.7. The number of hydrogen-bond acceptors (Lipinski definition) is 3. The first kappa shape index (κ1) is 13.9. The highest BCUT2D eigenvalue weighted by Gasteiger charge is 2.07. The Morgan fingerprint density at radius 1 is 1.20 bits per heavy atom. The van der Waals surface area contributed by atoms with Gasteiger partial charge in [-0.25, -0.2) is 0 Å². The van der Waals surface area contributed by atoms with Crippen molar-refractivity contribution in [1.29, 1.82) is 0 Å². The standard InChI is InChI=1S/C15H16N2O3/c18-14-7-9-16-11-13(14)15(19)17-8-4-10-20-12-5-2-1-3-6-12/h1-3,5-7,9,11H,4,8,10H2,(H,16,18)(H,17,19). The van der Waals surface area contributed by atoms with Gasteiger partial charge in [0.2, 0.25) is 0 Å². The first-order chi connectivity index (χ1) is 9.77. The summed E-state index contributed by atoms with van der Waals surface area (Å²) in [6, 6.07) is 10.8. The van der Waals surface area contributed by atoms with Gasteiger partial charge in [-0.1, -0.05) is 18.2 Å². The van der Waals surface area contributed by atoms with E-state index in [2.05, 4.69) is 10.3 Å². The number of ether oxygens (including phenoxy) is 1. The quantitative estimate of drug-likeness (QED) is 0.784. The van der Waals surface area contributed by atoms with Gasteiger partial charge in [-0.05, 0) is 18.6 Å². The molecule has 0 aliphatic heterocycles. The predicted molar refractivity (Wildman–Crippen MR) is 75.9 cm³/mol. The van der Waals surface area contributed by atoms with E-state index in [1.54, 1.807) is 0 Å². The van der Waals surface area contributed by atoms with E-state index in [1.165, 1.54) is 18.5 Å². The molecule has 0 radical (unpaired) electrons. The molecule has 0 bridgehead atoms. The van der Waals surface area contributed by atoms with Crippen LogP contribution in [0.15, 0.2) is 53.6 Å². The summed E-state index contributed by atoms with van der Waals surface area (Å²) >= 11 is 0. The summed E-state index contributed by atoms with van der Waals surface area (Å²) in [6.07, 6.45) is 3.57. The van der Waals surface area contributed by atoms with Crippen LogP contribution in [0.3, 0.4) is 0 Å². The number of carbonyl (C=O) groups excluding carboxylic acids is 1. The molecule has 0 unspecified atom stereocenters. The molecule has 20 heavy (non-hydrogen) atoms. The molecular formula is C15H16N2O3. The van der Waals surface area contributed by atoms with Gasteiger partial charge in [-0.2, -0.15) is 0 Å². The van der Waals surface area contributed by atoms with Gasteiger partial charge in [0.1, 0.15) is 11.3 Å². The van der Waals surface area contributed by atoms with Crippen molar-refractivity contribution < 1.29 is 9.53 Å². The molecule has 0 aliphatic rings. The van der Waals surface area contributed by atoms with Crippen LogP contribution >= 0.6 is 0 Å². The van der Waals surface area contributed by atoms with Gasteiger partial charge in [0.25, 0.3) is 5.91 Å². The van der Waals surface area contributed by atoms with Crippen LogP contribution in [0.1, 0.15) is 16.8 Å². The molecule has 2 N–H and O–H groups in total. The van der Waals surface area contributed by atoms with Crippen LogP contribution in [0.2, 0.25) is 0 Å². The zero-order valence-corrected chi connectivity index (χ0v) is 11.0. The Labute approximate surface area is 116 Å². The summed E-state index contributed by atoms with van der Waals surface area (Å²) in [4.78, 5) is 25.9. The smallest absolute Gasteiger partial charge is 0.256 e. The van der Waals surface area contributed by atoms with Crippen molar-refractivity contribution in [1.82, 2.24) is 10.3 Å². The number of aromatic amines is 1. The van der Waals surface area contributed by atoms with Crippen molar-refractivity contribution in [3.05, 3.63) is 64.6 Å². The van der Waals surface area contributed by atoms with Crippen LogP contribution in [-0.2, 0) is 0 Å². The summed E-state index contributed by atoms with van der Waals surface area (Å²) in [6.45, 7) is 0.968. The largest absolute Gasteiger partial charge is 0.494 e. The minimum Gasteiger partial charge on any atom is -0.494 e. The van der Waals surface area contributed by atoms with Crippen molar-refractivity contribution in [2.75, 3.05) is 13.2 Å². The molecule has 2 rings (SSSR count). The van der Waals surface area contributed by atoms with Gasteiger partial charge in [-0.15, -0.1) is 0 Å². The molecule has 1 aromatic carbocycles. The van der Waals surface area contributed by atoms with Crippen LogP contribution in [0, 0.1) is 0 Å². The SMILES string of the molecule is O=C(NCCCOc1ccccc1)c1c[nH]ccc1=O. The van der Waals surface area contributed by atoms with E-state index in [-0.39, 0.29) is 16.9 Å². The number of pyridine rings is 1. The Kier molecular flexibility index (Phi) is 4.94. The third-order valence-electron chi connectivity index (χ3n) is 2.69. The Bertz CT molecular complexity index is 608. The second-order valence-electron chi connectivity index (χ2n) is 4.19. The fraction of sp³-hybridized carbons (Fsp3) is 0.200. The Balaban J connectivity index is 1.70. The lowest BCUT2D eigenvalue weighted by Crippen LogP contribution is -2.29. The highest BCUT2D eigenvalue weighted by molar-refractivity contribution is 5.93. The lowest BCUT2D eigenvalue weighted by atomic mass is 10.2. The average molecular weight is 272 g/mol. The molecule has 0 saturated carbocycles. The summed E-state index contributed by atoms with van der Waals surface area (Å²) in [7, 11) is 0. The van der Waals surface area contributed by atoms with Crippen LogP contribution < -0.4 is 15.5 Å². The topological polar surface area (TPSA) is 71.2 Å². The lowest BCUT2D eigenvalue weighted by Gasteiger charge is -2.07. The van der Waals surface area contributed by atoms with Crippen LogP contribution in [0.5, 0.6) is 5.75 Å². The molecule has 2 aromatic rings. The van der Waals surface area contributed by atoms with E-state index in [9.17, 15) is 9.59 Å². The molecule has 1 amide bonds. The Morgan fingerprint density at radius 2 is 2.00 bits per heavy atom. The fourth-order valence-electron chi connectivity index (χ4n) is 1.67. The minimum atomic E-state index is -0.369. The van der Waals surface area contributed by atoms with Crippen molar-refractivity contribution in [3.63, 3.8) is 0 Å². The monoisotopic (exact) mass is 272 g/mol. The van der Waals surface area contributed by atoms with E-state index in [4.69, 9.17) is 4.74 Å². The molecule has 5 nitrogen and oxygen atoms in total. The summed E-state index contributed by atoms with van der Waals surface area (Å²) < 4.78 is 5.50. The van der Waals surface area contributed by atoms with Crippen LogP contribution in [0.25, 0.3) is 0 Å². The Morgan fingerprint density at radius 3 is 2.75 bits per heavy atom. The minimum absolute atomic E-state index is 0.122. The van der Waals surface area contributed by atoms with Crippen molar-refractivity contribution in [2.24, 2.45) is 0 Å². The number of rotatable bonds is 6. The van der Waals surface area contributed by atoms with E-state index in [1.807, 2.05) is 30.3 Å². The molecule has 104 valence electrons. The van der Waals surface area contributed by atoms with E-state index < -0.39 is 0 Å². The zero-order valence-electron chi connectivity index (χ0n) is 11.0. The fourth-order valence-corrected chi connectivity index (χ4v) is 1.67. The van der Waals surface area contributed by atoms with Crippen molar-refractivity contribution in [3.8, 4) is 5.75 Å². The predicted octanol–water partition coefficient (Wildman–Crippen LogP) is 1.57. The van der Waals surface area contributed by atoms with Crippen LogP contribution in [0.4, 0.5) is 0 Å². The summed E-state index contributed by atoms with van der Waals surface area (Å²) in [5.74, 6) is 0.435. The number of hydrogen-bond donors (Lipinski definition) is 2. The first-order valence-corrected chi connectivity index (χ1v) is 6.40. The number of nitrogens with one attached hydrogen (secondary N) is 2. The van der Waals surface area contributed by atoms with Crippen molar-refractivity contribution in [2.45, 2.75) is 6.42 Å². The third-order valence-corrected chi connectivity index (χ3v) is 2.69. The van der Waals surface area contributed by atoms with E-state index in [0.717, 1.165) is 5.75 Å². The number of para-hydroxylation sites is 1. The summed E-state index contributed by atoms with van der Waals surface area (Å²) in [5.41, 5.74) is -0.168. The molecular weight excluding hydrogens is 256 g/mol. The number of amides is 1. The van der Waals surface area contributed by atoms with E-state index >= 15 is 0 Å². The highest BCUT2D eigenvalue weighted by Crippen LogP contribution is 2.07. The second kappa shape index (κ2) is 7.13. The van der Waals surface area contributed by atoms with Gasteiger partial charge >= 0.3 is 0 Å². The number of benzene rings is 1. The summed E-state index contributed by atoms with van der Waals surface area (Å²) in [5, 5.41) is 2.69. The molecule has 0 saturated heterocycles. The van der Waals surface area contributed by atoms with E-state index in [0.29, 0.717) is 19.6 Å². The third kappa shape index (κ3) is 3.98. The van der Waals surface area contributed by atoms with Crippen LogP contribution in [-0.4, -0.2) is 24.0 Å². The molecule has 1 aromatic heterocycles. The number of H-pyrrole nitrogens is 1. The molecule has 0 fully saturated rings. The molecule has 5 heteroatoms. The number of carbonyl (C=O) groups is 1. The van der Waals surface area contributed by atoms with Gasteiger partial charge in [-0.3, -0.25) is 9.59 Å².